The van der Waals surface area contributed by atoms with E-state index in [2.05, 4.69) is 9.97 Å². The van der Waals surface area contributed by atoms with Crippen LogP contribution in [0, 0.1) is 0 Å². The van der Waals surface area contributed by atoms with Gasteiger partial charge in [-0.2, -0.15) is 0 Å². The van der Waals surface area contributed by atoms with Crippen molar-refractivity contribution in [1.29, 1.82) is 0 Å². The first kappa shape index (κ1) is 16.3. The zero-order chi connectivity index (χ0) is 17.3. The maximum atomic E-state index is 12.0. The van der Waals surface area contributed by atoms with Gasteiger partial charge in [-0.15, -0.1) is 0 Å². The maximum Gasteiger partial charge on any atom is 0.707 e. The molecule has 0 fully saturated rings. The molecule has 2 heterocycles. The van der Waals surface area contributed by atoms with Crippen LogP contribution in [0.5, 0.6) is 5.75 Å². The molecule has 0 radical (unpaired) electrons. The SMILES string of the molecule is CC(C)c1nc2c(=O)[nH]ccc2n1Cc1ccc(OB(O)O)cc1. The first-order chi connectivity index (χ1) is 11.5. The molecular formula is C16H18BN3O4. The summed E-state index contributed by atoms with van der Waals surface area (Å²) in [5.41, 5.74) is 2.00. The lowest BCUT2D eigenvalue weighted by Gasteiger charge is -2.12. The highest BCUT2D eigenvalue weighted by Gasteiger charge is 2.16. The van der Waals surface area contributed by atoms with E-state index in [9.17, 15) is 4.79 Å². The second-order valence-electron chi connectivity index (χ2n) is 5.84. The summed E-state index contributed by atoms with van der Waals surface area (Å²) < 4.78 is 6.82. The highest BCUT2D eigenvalue weighted by atomic mass is 16.6. The molecule has 24 heavy (non-hydrogen) atoms. The summed E-state index contributed by atoms with van der Waals surface area (Å²) in [6.45, 7) is 4.62. The number of nitrogens with one attached hydrogen (secondary N) is 1. The molecule has 0 atom stereocenters. The molecule has 0 aliphatic carbocycles. The van der Waals surface area contributed by atoms with E-state index in [4.69, 9.17) is 14.7 Å². The van der Waals surface area contributed by atoms with Gasteiger partial charge in [-0.1, -0.05) is 26.0 Å². The summed E-state index contributed by atoms with van der Waals surface area (Å²) in [5, 5.41) is 17.6. The Kier molecular flexibility index (Phi) is 4.41. The fourth-order valence-corrected chi connectivity index (χ4v) is 2.67. The average molecular weight is 327 g/mol. The molecule has 0 amide bonds. The molecule has 7 nitrogen and oxygen atoms in total. The molecule has 1 aromatic carbocycles. The number of fused-ring (bicyclic) bond motifs is 1. The summed E-state index contributed by atoms with van der Waals surface area (Å²) in [6.07, 6.45) is 1.62. The molecule has 8 heteroatoms. The first-order valence-corrected chi connectivity index (χ1v) is 7.65. The van der Waals surface area contributed by atoms with Gasteiger partial charge in [0, 0.05) is 18.7 Å². The Bertz CT molecular complexity index is 900. The van der Waals surface area contributed by atoms with Gasteiger partial charge in [0.05, 0.1) is 5.52 Å². The smallest absolute Gasteiger partial charge is 0.512 e. The Labute approximate surface area is 138 Å². The minimum Gasteiger partial charge on any atom is -0.512 e. The van der Waals surface area contributed by atoms with E-state index in [0.717, 1.165) is 16.9 Å². The van der Waals surface area contributed by atoms with Gasteiger partial charge >= 0.3 is 7.32 Å². The Morgan fingerprint density at radius 3 is 2.58 bits per heavy atom. The minimum atomic E-state index is -1.84. The van der Waals surface area contributed by atoms with Crippen molar-refractivity contribution in [3.8, 4) is 5.75 Å². The zero-order valence-electron chi connectivity index (χ0n) is 13.4. The van der Waals surface area contributed by atoms with Crippen LogP contribution >= 0.6 is 0 Å². The molecular weight excluding hydrogens is 309 g/mol. The Balaban J connectivity index is 1.98. The van der Waals surface area contributed by atoms with Crippen LogP contribution in [0.25, 0.3) is 11.0 Å². The van der Waals surface area contributed by atoms with Crippen molar-refractivity contribution in [2.45, 2.75) is 26.3 Å². The van der Waals surface area contributed by atoms with Crippen LogP contribution in [-0.4, -0.2) is 31.9 Å². The number of pyridine rings is 1. The van der Waals surface area contributed by atoms with Crippen molar-refractivity contribution < 1.29 is 14.7 Å². The molecule has 124 valence electrons. The van der Waals surface area contributed by atoms with E-state index in [1.165, 1.54) is 0 Å². The third-order valence-corrected chi connectivity index (χ3v) is 3.73. The highest BCUT2D eigenvalue weighted by Crippen LogP contribution is 2.22. The highest BCUT2D eigenvalue weighted by molar-refractivity contribution is 6.33. The van der Waals surface area contributed by atoms with Gasteiger partial charge in [-0.3, -0.25) is 4.79 Å². The predicted molar refractivity (Wildman–Crippen MR) is 90.8 cm³/mol. The third-order valence-electron chi connectivity index (χ3n) is 3.73. The number of H-pyrrole nitrogens is 1. The average Bonchev–Trinajstić information content (AvgIpc) is 2.89. The molecule has 0 saturated heterocycles. The second kappa shape index (κ2) is 6.50. The van der Waals surface area contributed by atoms with Crippen molar-refractivity contribution in [2.75, 3.05) is 0 Å². The minimum absolute atomic E-state index is 0.170. The molecule has 3 rings (SSSR count). The second-order valence-corrected chi connectivity index (χ2v) is 5.84. The van der Waals surface area contributed by atoms with Crippen LogP contribution in [-0.2, 0) is 6.54 Å². The molecule has 0 aliphatic heterocycles. The van der Waals surface area contributed by atoms with Gasteiger partial charge in [-0.05, 0) is 23.8 Å². The van der Waals surface area contributed by atoms with E-state index in [-0.39, 0.29) is 11.5 Å². The van der Waals surface area contributed by atoms with Crippen LogP contribution < -0.4 is 10.2 Å². The number of aromatic amines is 1. The number of hydrogen-bond donors (Lipinski definition) is 3. The van der Waals surface area contributed by atoms with Crippen LogP contribution in [0.3, 0.4) is 0 Å². The van der Waals surface area contributed by atoms with Crippen molar-refractivity contribution in [3.63, 3.8) is 0 Å². The van der Waals surface area contributed by atoms with E-state index >= 15 is 0 Å². The van der Waals surface area contributed by atoms with E-state index in [1.54, 1.807) is 18.3 Å². The predicted octanol–water partition coefficient (Wildman–Crippen LogP) is 1.24. The standard InChI is InChI=1S/C16H18BN3O4/c1-10(2)15-19-14-13(7-8-18-16(14)21)20(15)9-11-3-5-12(6-4-11)24-17(22)23/h3-8,10,22-23H,9H2,1-2H3,(H,18,21). The zero-order valence-corrected chi connectivity index (χ0v) is 13.4. The fraction of sp³-hybridized carbons (Fsp3) is 0.250. The molecule has 0 spiro atoms. The summed E-state index contributed by atoms with van der Waals surface area (Å²) in [6, 6.07) is 8.84. The number of nitrogens with zero attached hydrogens (tertiary/aromatic N) is 2. The Morgan fingerprint density at radius 2 is 1.96 bits per heavy atom. The normalized spacial score (nSPS) is 11.2. The summed E-state index contributed by atoms with van der Waals surface area (Å²) >= 11 is 0. The van der Waals surface area contributed by atoms with Gasteiger partial charge in [0.15, 0.2) is 5.52 Å². The molecule has 0 aliphatic rings. The van der Waals surface area contributed by atoms with Crippen LogP contribution in [0.2, 0.25) is 0 Å². The van der Waals surface area contributed by atoms with Gasteiger partial charge in [-0.25, -0.2) is 4.98 Å². The summed E-state index contributed by atoms with van der Waals surface area (Å²) in [4.78, 5) is 19.1. The van der Waals surface area contributed by atoms with Gasteiger partial charge in [0.1, 0.15) is 11.6 Å². The fourth-order valence-electron chi connectivity index (χ4n) is 2.67. The van der Waals surface area contributed by atoms with Crippen molar-refractivity contribution in [3.05, 3.63) is 58.3 Å². The van der Waals surface area contributed by atoms with Gasteiger partial charge < -0.3 is 24.3 Å². The molecule has 2 aromatic heterocycles. The summed E-state index contributed by atoms with van der Waals surface area (Å²) in [5.74, 6) is 1.38. The van der Waals surface area contributed by atoms with Crippen LogP contribution in [0.15, 0.2) is 41.3 Å². The number of benzene rings is 1. The number of hydrogen-bond acceptors (Lipinski definition) is 5. The lowest BCUT2D eigenvalue weighted by molar-refractivity contribution is 0.288. The molecule has 0 saturated carbocycles. The van der Waals surface area contributed by atoms with E-state index in [0.29, 0.717) is 17.8 Å². The lowest BCUT2D eigenvalue weighted by Crippen LogP contribution is -2.20. The Hall–Kier alpha value is -2.58. The van der Waals surface area contributed by atoms with Gasteiger partial charge in [0.2, 0.25) is 0 Å². The van der Waals surface area contributed by atoms with Crippen molar-refractivity contribution >= 4 is 18.4 Å². The maximum absolute atomic E-state index is 12.0. The largest absolute Gasteiger partial charge is 0.707 e. The third kappa shape index (κ3) is 3.20. The van der Waals surface area contributed by atoms with Gasteiger partial charge in [0.25, 0.3) is 5.56 Å². The van der Waals surface area contributed by atoms with Crippen LogP contribution in [0.1, 0.15) is 31.2 Å². The molecule has 0 bridgehead atoms. The quantitative estimate of drug-likeness (QED) is 0.612. The number of aromatic nitrogens is 3. The lowest BCUT2D eigenvalue weighted by atomic mass is 10.1. The van der Waals surface area contributed by atoms with Crippen molar-refractivity contribution in [2.24, 2.45) is 0 Å². The topological polar surface area (TPSA) is 100 Å². The first-order valence-electron chi connectivity index (χ1n) is 7.65. The van der Waals surface area contributed by atoms with E-state index in [1.807, 2.05) is 36.6 Å². The van der Waals surface area contributed by atoms with E-state index < -0.39 is 7.32 Å². The monoisotopic (exact) mass is 327 g/mol. The summed E-state index contributed by atoms with van der Waals surface area (Å²) in [7, 11) is -1.84. The molecule has 0 unspecified atom stereocenters. The molecule has 3 N–H and O–H groups in total. The Morgan fingerprint density at radius 1 is 1.25 bits per heavy atom. The number of imidazole rings is 1. The molecule has 3 aromatic rings. The van der Waals surface area contributed by atoms with Crippen LogP contribution in [0.4, 0.5) is 0 Å². The van der Waals surface area contributed by atoms with Crippen molar-refractivity contribution in [1.82, 2.24) is 14.5 Å². The number of rotatable bonds is 5.